The van der Waals surface area contributed by atoms with Gasteiger partial charge in [-0.1, -0.05) is 23.4 Å². The minimum absolute atomic E-state index is 0.250. The third kappa shape index (κ3) is 1.50. The van der Waals surface area contributed by atoms with Crippen LogP contribution in [0.2, 0.25) is 0 Å². The molecule has 6 nitrogen and oxygen atoms in total. The Morgan fingerprint density at radius 3 is 2.67 bits per heavy atom. The van der Waals surface area contributed by atoms with Crippen LogP contribution in [0, 0.1) is 18.3 Å². The lowest BCUT2D eigenvalue weighted by molar-refractivity contribution is 0.816. The Balaban J connectivity index is 2.34. The Morgan fingerprint density at radius 1 is 1.17 bits per heavy atom. The number of hydrogen-bond acceptors (Lipinski definition) is 5. The van der Waals surface area contributed by atoms with Gasteiger partial charge in [-0.15, -0.1) is 5.10 Å². The van der Waals surface area contributed by atoms with E-state index in [0.29, 0.717) is 17.0 Å². The number of aromatic nitrogens is 5. The van der Waals surface area contributed by atoms with Crippen LogP contribution in [-0.2, 0) is 0 Å². The Bertz CT molecular complexity index is 753. The lowest BCUT2D eigenvalue weighted by Crippen LogP contribution is -2.00. The zero-order valence-corrected chi connectivity index (χ0v) is 9.57. The molecule has 0 fully saturated rings. The molecule has 6 heteroatoms. The summed E-state index contributed by atoms with van der Waals surface area (Å²) >= 11 is 0. The van der Waals surface area contributed by atoms with Crippen molar-refractivity contribution in [2.75, 3.05) is 0 Å². The monoisotopic (exact) mass is 236 g/mol. The molecule has 1 aromatic carbocycles. The van der Waals surface area contributed by atoms with E-state index < -0.39 is 0 Å². The third-order valence-electron chi connectivity index (χ3n) is 2.52. The summed E-state index contributed by atoms with van der Waals surface area (Å²) in [5, 5.41) is 17.0. The second-order valence-electron chi connectivity index (χ2n) is 3.74. The maximum atomic E-state index is 9.02. The standard InChI is InChI=1S/C12H8N6/c1-8-14-10(7-13)11-12(15-8)18(17-16-11)9-5-3-2-4-6-9/h2-6H,1H3. The van der Waals surface area contributed by atoms with Crippen LogP contribution in [0.5, 0.6) is 0 Å². The summed E-state index contributed by atoms with van der Waals surface area (Å²) in [5.74, 6) is 0.526. The highest BCUT2D eigenvalue weighted by Gasteiger charge is 2.13. The van der Waals surface area contributed by atoms with Gasteiger partial charge in [-0.3, -0.25) is 0 Å². The highest BCUT2D eigenvalue weighted by Crippen LogP contribution is 2.16. The first kappa shape index (κ1) is 10.4. The fourth-order valence-corrected chi connectivity index (χ4v) is 1.74. The first-order chi connectivity index (χ1) is 8.79. The predicted octanol–water partition coefficient (Wildman–Crippen LogP) is 1.39. The van der Waals surface area contributed by atoms with Crippen molar-refractivity contribution < 1.29 is 0 Å². The fraction of sp³-hybridized carbons (Fsp3) is 0.0833. The molecule has 3 rings (SSSR count). The van der Waals surface area contributed by atoms with Crippen molar-refractivity contribution in [2.45, 2.75) is 6.92 Å². The molecular weight excluding hydrogens is 228 g/mol. The SMILES string of the molecule is Cc1nc(C#N)c2nnn(-c3ccccc3)c2n1. The molecule has 0 radical (unpaired) electrons. The smallest absolute Gasteiger partial charge is 0.188 e. The molecular formula is C12H8N6. The van der Waals surface area contributed by atoms with E-state index >= 15 is 0 Å². The molecule has 0 atom stereocenters. The maximum absolute atomic E-state index is 9.02. The van der Waals surface area contributed by atoms with Crippen LogP contribution in [0.3, 0.4) is 0 Å². The van der Waals surface area contributed by atoms with Gasteiger partial charge in [0, 0.05) is 0 Å². The minimum atomic E-state index is 0.250. The molecule has 18 heavy (non-hydrogen) atoms. The summed E-state index contributed by atoms with van der Waals surface area (Å²) in [4.78, 5) is 8.34. The molecule has 0 unspecified atom stereocenters. The third-order valence-corrected chi connectivity index (χ3v) is 2.52. The van der Waals surface area contributed by atoms with Crippen molar-refractivity contribution >= 4 is 11.2 Å². The van der Waals surface area contributed by atoms with Gasteiger partial charge in [0.05, 0.1) is 5.69 Å². The first-order valence-corrected chi connectivity index (χ1v) is 5.35. The number of para-hydroxylation sites is 1. The number of nitrogens with zero attached hydrogens (tertiary/aromatic N) is 6. The van der Waals surface area contributed by atoms with Crippen molar-refractivity contribution in [3.63, 3.8) is 0 Å². The molecule has 0 aliphatic carbocycles. The van der Waals surface area contributed by atoms with Crippen LogP contribution in [0.25, 0.3) is 16.9 Å². The van der Waals surface area contributed by atoms with Gasteiger partial charge in [0.15, 0.2) is 16.9 Å². The van der Waals surface area contributed by atoms with Gasteiger partial charge in [-0.25, -0.2) is 9.97 Å². The van der Waals surface area contributed by atoms with Gasteiger partial charge in [0.1, 0.15) is 11.9 Å². The van der Waals surface area contributed by atoms with E-state index in [1.807, 2.05) is 36.4 Å². The molecule has 0 amide bonds. The molecule has 0 aliphatic heterocycles. The van der Waals surface area contributed by atoms with Crippen LogP contribution in [-0.4, -0.2) is 25.0 Å². The van der Waals surface area contributed by atoms with Crippen molar-refractivity contribution in [3.8, 4) is 11.8 Å². The second kappa shape index (κ2) is 3.89. The number of benzene rings is 1. The Labute approximate surface area is 103 Å². The molecule has 2 heterocycles. The maximum Gasteiger partial charge on any atom is 0.188 e. The van der Waals surface area contributed by atoms with Crippen molar-refractivity contribution in [2.24, 2.45) is 0 Å². The number of hydrogen-bond donors (Lipinski definition) is 0. The van der Waals surface area contributed by atoms with Crippen molar-refractivity contribution in [3.05, 3.63) is 41.9 Å². The van der Waals surface area contributed by atoms with Crippen LogP contribution < -0.4 is 0 Å². The number of fused-ring (bicyclic) bond motifs is 1. The molecule has 0 saturated carbocycles. The largest absolute Gasteiger partial charge is 0.220 e. The first-order valence-electron chi connectivity index (χ1n) is 5.35. The van der Waals surface area contributed by atoms with Gasteiger partial charge in [-0.2, -0.15) is 9.94 Å². The molecule has 0 aliphatic rings. The Kier molecular flexibility index (Phi) is 2.24. The molecule has 2 aromatic heterocycles. The van der Waals surface area contributed by atoms with Gasteiger partial charge in [0.2, 0.25) is 0 Å². The van der Waals surface area contributed by atoms with Gasteiger partial charge >= 0.3 is 0 Å². The quantitative estimate of drug-likeness (QED) is 0.637. The zero-order chi connectivity index (χ0) is 12.5. The number of rotatable bonds is 1. The fourth-order valence-electron chi connectivity index (χ4n) is 1.74. The summed E-state index contributed by atoms with van der Waals surface area (Å²) < 4.78 is 1.60. The summed E-state index contributed by atoms with van der Waals surface area (Å²) in [7, 11) is 0. The molecule has 3 aromatic rings. The summed E-state index contributed by atoms with van der Waals surface area (Å²) in [5.41, 5.74) is 2.07. The molecule has 0 spiro atoms. The molecule has 0 N–H and O–H groups in total. The van der Waals surface area contributed by atoms with E-state index in [9.17, 15) is 0 Å². The summed E-state index contributed by atoms with van der Waals surface area (Å²) in [6, 6.07) is 11.5. The molecule has 86 valence electrons. The van der Waals surface area contributed by atoms with E-state index in [0.717, 1.165) is 5.69 Å². The predicted molar refractivity (Wildman–Crippen MR) is 63.9 cm³/mol. The zero-order valence-electron chi connectivity index (χ0n) is 9.57. The van der Waals surface area contributed by atoms with Crippen LogP contribution in [0.4, 0.5) is 0 Å². The topological polar surface area (TPSA) is 80.3 Å². The van der Waals surface area contributed by atoms with Crippen LogP contribution in [0.15, 0.2) is 30.3 Å². The normalized spacial score (nSPS) is 10.4. The van der Waals surface area contributed by atoms with E-state index in [1.54, 1.807) is 11.6 Å². The van der Waals surface area contributed by atoms with E-state index in [1.165, 1.54) is 0 Å². The number of nitriles is 1. The van der Waals surface area contributed by atoms with Crippen LogP contribution >= 0.6 is 0 Å². The van der Waals surface area contributed by atoms with E-state index in [2.05, 4.69) is 20.3 Å². The summed E-state index contributed by atoms with van der Waals surface area (Å²) in [6.07, 6.45) is 0. The molecule has 0 saturated heterocycles. The van der Waals surface area contributed by atoms with Crippen LogP contribution in [0.1, 0.15) is 11.5 Å². The Morgan fingerprint density at radius 2 is 1.94 bits per heavy atom. The van der Waals surface area contributed by atoms with Gasteiger partial charge in [0.25, 0.3) is 0 Å². The van der Waals surface area contributed by atoms with Crippen molar-refractivity contribution in [1.82, 2.24) is 25.0 Å². The lowest BCUT2D eigenvalue weighted by atomic mass is 10.3. The van der Waals surface area contributed by atoms with Gasteiger partial charge in [-0.05, 0) is 19.1 Å². The second-order valence-corrected chi connectivity index (χ2v) is 3.74. The highest BCUT2D eigenvalue weighted by molar-refractivity contribution is 5.76. The van der Waals surface area contributed by atoms with Gasteiger partial charge < -0.3 is 0 Å². The van der Waals surface area contributed by atoms with E-state index in [4.69, 9.17) is 5.26 Å². The average Bonchev–Trinajstić information content (AvgIpc) is 2.82. The minimum Gasteiger partial charge on any atom is -0.220 e. The molecule has 0 bridgehead atoms. The lowest BCUT2D eigenvalue weighted by Gasteiger charge is -2.01. The van der Waals surface area contributed by atoms with E-state index in [-0.39, 0.29) is 5.69 Å². The highest BCUT2D eigenvalue weighted by atomic mass is 15.4. The average molecular weight is 236 g/mol. The Hall–Kier alpha value is -2.81. The number of aryl methyl sites for hydroxylation is 1. The summed E-state index contributed by atoms with van der Waals surface area (Å²) in [6.45, 7) is 1.74. The van der Waals surface area contributed by atoms with Crippen molar-refractivity contribution in [1.29, 1.82) is 5.26 Å².